The predicted molar refractivity (Wildman–Crippen MR) is 51.5 cm³/mol. The second kappa shape index (κ2) is 3.75. The Morgan fingerprint density at radius 2 is 2.00 bits per heavy atom. The van der Waals surface area contributed by atoms with E-state index in [0.29, 0.717) is 6.61 Å². The minimum absolute atomic E-state index is 0.661. The lowest BCUT2D eigenvalue weighted by atomic mass is 10.4. The largest absolute Gasteiger partial charge is 0.500 e. The Kier molecular flexibility index (Phi) is 2.45. The Balaban J connectivity index is 2.23. The van der Waals surface area contributed by atoms with E-state index in [9.17, 15) is 4.21 Å². The second-order valence-corrected chi connectivity index (χ2v) is 4.32. The Morgan fingerprint density at radius 1 is 1.23 bits per heavy atom. The Labute approximate surface area is 79.7 Å². The average Bonchev–Trinajstić information content (AvgIpc) is 2.71. The Morgan fingerprint density at radius 3 is 2.62 bits per heavy atom. The zero-order valence-corrected chi connectivity index (χ0v) is 7.92. The molecule has 0 N–H and O–H groups in total. The van der Waals surface area contributed by atoms with Gasteiger partial charge >= 0.3 is 0 Å². The summed E-state index contributed by atoms with van der Waals surface area (Å²) in [5.41, 5.74) is 0. The SMILES string of the molecule is O=S(C1=COCC1)c1ccccc1. The first kappa shape index (κ1) is 8.51. The quantitative estimate of drug-likeness (QED) is 0.720. The molecule has 0 fully saturated rings. The number of hydrogen-bond donors (Lipinski definition) is 0. The summed E-state index contributed by atoms with van der Waals surface area (Å²) >= 11 is 0. The van der Waals surface area contributed by atoms with Gasteiger partial charge in [-0.1, -0.05) is 18.2 Å². The van der Waals surface area contributed by atoms with Crippen LogP contribution in [0.15, 0.2) is 46.4 Å². The molecule has 0 saturated heterocycles. The van der Waals surface area contributed by atoms with E-state index in [1.807, 2.05) is 30.3 Å². The van der Waals surface area contributed by atoms with E-state index in [2.05, 4.69) is 0 Å². The van der Waals surface area contributed by atoms with E-state index in [4.69, 9.17) is 4.74 Å². The molecule has 3 heteroatoms. The highest BCUT2D eigenvalue weighted by molar-refractivity contribution is 7.89. The first-order chi connectivity index (χ1) is 6.38. The van der Waals surface area contributed by atoms with Crippen molar-refractivity contribution in [2.75, 3.05) is 6.61 Å². The van der Waals surface area contributed by atoms with E-state index < -0.39 is 10.8 Å². The van der Waals surface area contributed by atoms with Crippen LogP contribution in [-0.4, -0.2) is 10.8 Å². The van der Waals surface area contributed by atoms with E-state index in [1.54, 1.807) is 6.26 Å². The first-order valence-corrected chi connectivity index (χ1v) is 5.30. The van der Waals surface area contributed by atoms with Crippen molar-refractivity contribution >= 4 is 10.8 Å². The molecule has 0 aromatic heterocycles. The van der Waals surface area contributed by atoms with Crippen LogP contribution in [0, 0.1) is 0 Å². The molecule has 0 saturated carbocycles. The standard InChI is InChI=1S/C10H10O2S/c11-13(10-6-7-12-8-10)9-4-2-1-3-5-9/h1-5,8H,6-7H2. The zero-order chi connectivity index (χ0) is 9.10. The molecule has 1 atom stereocenters. The van der Waals surface area contributed by atoms with Gasteiger partial charge < -0.3 is 4.74 Å². The summed E-state index contributed by atoms with van der Waals surface area (Å²) in [4.78, 5) is 1.73. The van der Waals surface area contributed by atoms with Crippen molar-refractivity contribution in [2.45, 2.75) is 11.3 Å². The topological polar surface area (TPSA) is 26.3 Å². The van der Waals surface area contributed by atoms with Crippen molar-refractivity contribution in [1.82, 2.24) is 0 Å². The minimum Gasteiger partial charge on any atom is -0.500 e. The maximum Gasteiger partial charge on any atom is 0.0954 e. The number of hydrogen-bond acceptors (Lipinski definition) is 2. The van der Waals surface area contributed by atoms with Gasteiger partial charge in [-0.2, -0.15) is 0 Å². The molecule has 0 radical (unpaired) electrons. The number of ether oxygens (including phenoxy) is 1. The molecule has 1 aliphatic heterocycles. The van der Waals surface area contributed by atoms with Crippen LogP contribution in [0.3, 0.4) is 0 Å². The van der Waals surface area contributed by atoms with Crippen LogP contribution in [0.25, 0.3) is 0 Å². The molecule has 2 rings (SSSR count). The molecular weight excluding hydrogens is 184 g/mol. The second-order valence-electron chi connectivity index (χ2n) is 2.79. The van der Waals surface area contributed by atoms with Crippen LogP contribution < -0.4 is 0 Å². The smallest absolute Gasteiger partial charge is 0.0954 e. The molecule has 1 unspecified atom stereocenters. The summed E-state index contributed by atoms with van der Waals surface area (Å²) in [6, 6.07) is 9.44. The highest BCUT2D eigenvalue weighted by atomic mass is 32.2. The van der Waals surface area contributed by atoms with Gasteiger partial charge in [0.2, 0.25) is 0 Å². The minimum atomic E-state index is -1.02. The molecule has 0 spiro atoms. The maximum atomic E-state index is 11.8. The molecule has 1 aliphatic rings. The molecule has 2 nitrogen and oxygen atoms in total. The van der Waals surface area contributed by atoms with E-state index in [0.717, 1.165) is 16.2 Å². The molecule has 0 bridgehead atoms. The molecule has 68 valence electrons. The van der Waals surface area contributed by atoms with Gasteiger partial charge in [-0.15, -0.1) is 0 Å². The fraction of sp³-hybridized carbons (Fsp3) is 0.200. The number of benzene rings is 1. The maximum absolute atomic E-state index is 11.8. The first-order valence-electron chi connectivity index (χ1n) is 4.15. The van der Waals surface area contributed by atoms with Gasteiger partial charge in [0.15, 0.2) is 0 Å². The fourth-order valence-electron chi connectivity index (χ4n) is 1.20. The average molecular weight is 194 g/mol. The molecule has 13 heavy (non-hydrogen) atoms. The van der Waals surface area contributed by atoms with Crippen molar-refractivity contribution in [3.63, 3.8) is 0 Å². The van der Waals surface area contributed by atoms with Gasteiger partial charge in [0, 0.05) is 11.3 Å². The van der Waals surface area contributed by atoms with Crippen molar-refractivity contribution in [1.29, 1.82) is 0 Å². The van der Waals surface area contributed by atoms with Gasteiger partial charge in [-0.3, -0.25) is 0 Å². The third-order valence-corrected chi connectivity index (χ3v) is 3.35. The molecule has 0 aliphatic carbocycles. The van der Waals surface area contributed by atoms with Crippen LogP contribution in [-0.2, 0) is 15.5 Å². The fourth-order valence-corrected chi connectivity index (χ4v) is 2.33. The van der Waals surface area contributed by atoms with Gasteiger partial charge in [0.25, 0.3) is 0 Å². The predicted octanol–water partition coefficient (Wildman–Crippen LogP) is 2.06. The van der Waals surface area contributed by atoms with Crippen LogP contribution in [0.2, 0.25) is 0 Å². The summed E-state index contributed by atoms with van der Waals surface area (Å²) in [7, 11) is -1.02. The lowest BCUT2D eigenvalue weighted by Gasteiger charge is -1.99. The Bertz CT molecular complexity index is 343. The van der Waals surface area contributed by atoms with Crippen LogP contribution in [0.1, 0.15) is 6.42 Å². The third kappa shape index (κ3) is 1.80. The van der Waals surface area contributed by atoms with E-state index in [1.165, 1.54) is 0 Å². The lowest BCUT2D eigenvalue weighted by Crippen LogP contribution is -1.93. The van der Waals surface area contributed by atoms with Gasteiger partial charge in [-0.05, 0) is 12.1 Å². The van der Waals surface area contributed by atoms with Crippen molar-refractivity contribution in [3.05, 3.63) is 41.5 Å². The van der Waals surface area contributed by atoms with Crippen molar-refractivity contribution in [3.8, 4) is 0 Å². The summed E-state index contributed by atoms with van der Waals surface area (Å²) < 4.78 is 16.9. The van der Waals surface area contributed by atoms with Gasteiger partial charge in [0.05, 0.1) is 28.6 Å². The van der Waals surface area contributed by atoms with E-state index in [-0.39, 0.29) is 0 Å². The van der Waals surface area contributed by atoms with Crippen LogP contribution in [0.5, 0.6) is 0 Å². The molecule has 0 amide bonds. The highest BCUT2D eigenvalue weighted by Crippen LogP contribution is 2.20. The molecule has 1 heterocycles. The highest BCUT2D eigenvalue weighted by Gasteiger charge is 2.14. The normalized spacial score (nSPS) is 17.7. The summed E-state index contributed by atoms with van der Waals surface area (Å²) in [6.07, 6.45) is 2.39. The third-order valence-electron chi connectivity index (χ3n) is 1.88. The van der Waals surface area contributed by atoms with Gasteiger partial charge in [-0.25, -0.2) is 4.21 Å². The summed E-state index contributed by atoms with van der Waals surface area (Å²) in [5, 5.41) is 0. The lowest BCUT2D eigenvalue weighted by molar-refractivity contribution is 0.281. The monoisotopic (exact) mass is 194 g/mol. The molecule has 1 aromatic rings. The van der Waals surface area contributed by atoms with Crippen molar-refractivity contribution < 1.29 is 8.95 Å². The van der Waals surface area contributed by atoms with Crippen LogP contribution in [0.4, 0.5) is 0 Å². The Hall–Kier alpha value is -1.09. The molecule has 1 aromatic carbocycles. The summed E-state index contributed by atoms with van der Waals surface area (Å²) in [6.45, 7) is 0.661. The van der Waals surface area contributed by atoms with Crippen molar-refractivity contribution in [2.24, 2.45) is 0 Å². The molecular formula is C10H10O2S. The van der Waals surface area contributed by atoms with Gasteiger partial charge in [0.1, 0.15) is 0 Å². The summed E-state index contributed by atoms with van der Waals surface area (Å²) in [5.74, 6) is 0. The van der Waals surface area contributed by atoms with E-state index >= 15 is 0 Å². The zero-order valence-electron chi connectivity index (χ0n) is 7.10. The van der Waals surface area contributed by atoms with Crippen LogP contribution >= 0.6 is 0 Å². The number of rotatable bonds is 2.